The summed E-state index contributed by atoms with van der Waals surface area (Å²) < 4.78 is 0. The number of aromatic carboxylic acids is 1. The molecule has 0 fully saturated rings. The van der Waals surface area contributed by atoms with E-state index >= 15 is 0 Å². The van der Waals surface area contributed by atoms with Gasteiger partial charge < -0.3 is 15.9 Å². The van der Waals surface area contributed by atoms with Crippen molar-refractivity contribution in [1.29, 1.82) is 0 Å². The summed E-state index contributed by atoms with van der Waals surface area (Å²) in [4.78, 5) is 22.0. The van der Waals surface area contributed by atoms with Crippen molar-refractivity contribution in [3.63, 3.8) is 0 Å². The molecule has 0 saturated heterocycles. The van der Waals surface area contributed by atoms with Gasteiger partial charge in [-0.05, 0) is 36.4 Å². The van der Waals surface area contributed by atoms with Crippen LogP contribution in [-0.4, -0.2) is 28.7 Å². The Morgan fingerprint density at radius 3 is 2.25 bits per heavy atom. The second-order valence-corrected chi connectivity index (χ2v) is 6.08. The Balaban J connectivity index is 2.49. The van der Waals surface area contributed by atoms with Crippen LogP contribution < -0.4 is 5.73 Å². The summed E-state index contributed by atoms with van der Waals surface area (Å²) in [5.41, 5.74) is 7.65. The highest BCUT2D eigenvalue weighted by molar-refractivity contribution is 6.36. The molecule has 7 heteroatoms. The second kappa shape index (κ2) is 7.66. The van der Waals surface area contributed by atoms with Gasteiger partial charge in [-0.2, -0.15) is 0 Å². The molecule has 5 nitrogen and oxygen atoms in total. The van der Waals surface area contributed by atoms with E-state index in [0.717, 1.165) is 5.56 Å². The third-order valence-corrected chi connectivity index (χ3v) is 4.32. The maximum atomic E-state index is 11.0. The minimum atomic E-state index is -1.08. The van der Waals surface area contributed by atoms with Gasteiger partial charge in [0.05, 0.1) is 12.0 Å². The van der Waals surface area contributed by atoms with Crippen LogP contribution in [0.5, 0.6) is 0 Å². The fourth-order valence-corrected chi connectivity index (χ4v) is 2.92. The van der Waals surface area contributed by atoms with E-state index in [4.69, 9.17) is 39.1 Å². The molecule has 0 amide bonds. The van der Waals surface area contributed by atoms with E-state index in [1.807, 2.05) is 0 Å². The molecule has 24 heavy (non-hydrogen) atoms. The van der Waals surface area contributed by atoms with E-state index in [0.29, 0.717) is 16.1 Å². The van der Waals surface area contributed by atoms with E-state index in [2.05, 4.69) is 0 Å². The number of carboxylic acids is 2. The standard InChI is InChI=1S/C17H15Cl2NO4/c18-14-4-2-9(11(8-20)7-16(21)22)5-13(14)12-3-1-10(17(23)24)6-15(12)19/h1-6,11H,7-8,20H2,(H,21,22)(H,23,24). The summed E-state index contributed by atoms with van der Waals surface area (Å²) in [6.07, 6.45) is -0.0940. The third-order valence-electron chi connectivity index (χ3n) is 3.67. The Hall–Kier alpha value is -2.08. The molecule has 0 bridgehead atoms. The van der Waals surface area contributed by atoms with Crippen molar-refractivity contribution in [2.45, 2.75) is 12.3 Å². The quantitative estimate of drug-likeness (QED) is 0.719. The summed E-state index contributed by atoms with van der Waals surface area (Å²) in [5, 5.41) is 18.7. The largest absolute Gasteiger partial charge is 0.481 e. The lowest BCUT2D eigenvalue weighted by Crippen LogP contribution is -2.16. The van der Waals surface area contributed by atoms with Crippen molar-refractivity contribution in [3.8, 4) is 11.1 Å². The SMILES string of the molecule is NCC(CC(=O)O)c1ccc(Cl)c(-c2ccc(C(=O)O)cc2Cl)c1. The molecular weight excluding hydrogens is 353 g/mol. The Bertz CT molecular complexity index is 792. The van der Waals surface area contributed by atoms with Gasteiger partial charge in [-0.25, -0.2) is 4.79 Å². The molecule has 0 aliphatic carbocycles. The number of hydrogen-bond donors (Lipinski definition) is 3. The van der Waals surface area contributed by atoms with Crippen LogP contribution in [0, 0.1) is 0 Å². The predicted octanol–water partition coefficient (Wildman–Crippen LogP) is 3.88. The molecule has 0 aromatic heterocycles. The molecule has 0 radical (unpaired) electrons. The molecule has 126 valence electrons. The van der Waals surface area contributed by atoms with Crippen molar-refractivity contribution in [3.05, 3.63) is 57.6 Å². The number of benzene rings is 2. The molecule has 0 aliphatic rings. The first-order valence-corrected chi connectivity index (χ1v) is 7.83. The van der Waals surface area contributed by atoms with Crippen LogP contribution in [0.3, 0.4) is 0 Å². The Kier molecular flexibility index (Phi) is 5.83. The second-order valence-electron chi connectivity index (χ2n) is 5.27. The lowest BCUT2D eigenvalue weighted by atomic mass is 9.92. The number of carbonyl (C=O) groups is 2. The van der Waals surface area contributed by atoms with Gasteiger partial charge in [0.15, 0.2) is 0 Å². The topological polar surface area (TPSA) is 101 Å². The smallest absolute Gasteiger partial charge is 0.335 e. The monoisotopic (exact) mass is 367 g/mol. The fourth-order valence-electron chi connectivity index (χ4n) is 2.42. The van der Waals surface area contributed by atoms with Gasteiger partial charge in [0.25, 0.3) is 0 Å². The molecule has 2 aromatic carbocycles. The molecular formula is C17H15Cl2NO4. The van der Waals surface area contributed by atoms with Gasteiger partial charge in [0, 0.05) is 27.1 Å². The minimum absolute atomic E-state index is 0.0711. The Morgan fingerprint density at radius 1 is 1.00 bits per heavy atom. The first kappa shape index (κ1) is 18.3. The normalized spacial score (nSPS) is 12.0. The zero-order chi connectivity index (χ0) is 17.9. The molecule has 0 spiro atoms. The van der Waals surface area contributed by atoms with Crippen molar-refractivity contribution >= 4 is 35.1 Å². The average molecular weight is 368 g/mol. The minimum Gasteiger partial charge on any atom is -0.481 e. The molecule has 0 saturated carbocycles. The van der Waals surface area contributed by atoms with E-state index in [9.17, 15) is 9.59 Å². The van der Waals surface area contributed by atoms with Crippen LogP contribution in [0.2, 0.25) is 10.0 Å². The Morgan fingerprint density at radius 2 is 1.71 bits per heavy atom. The summed E-state index contributed by atoms with van der Waals surface area (Å²) in [5.74, 6) is -2.37. The van der Waals surface area contributed by atoms with Gasteiger partial charge in [-0.3, -0.25) is 4.79 Å². The van der Waals surface area contributed by atoms with Crippen LogP contribution in [0.1, 0.15) is 28.3 Å². The third kappa shape index (κ3) is 4.06. The molecule has 1 unspecified atom stereocenters. The van der Waals surface area contributed by atoms with E-state index in [1.165, 1.54) is 12.1 Å². The van der Waals surface area contributed by atoms with Crippen LogP contribution in [0.4, 0.5) is 0 Å². The highest BCUT2D eigenvalue weighted by atomic mass is 35.5. The summed E-state index contributed by atoms with van der Waals surface area (Å²) in [7, 11) is 0. The lowest BCUT2D eigenvalue weighted by Gasteiger charge is -2.16. The number of nitrogens with two attached hydrogens (primary N) is 1. The van der Waals surface area contributed by atoms with Gasteiger partial charge in [-0.15, -0.1) is 0 Å². The highest BCUT2D eigenvalue weighted by Gasteiger charge is 2.17. The van der Waals surface area contributed by atoms with Crippen LogP contribution in [0.25, 0.3) is 11.1 Å². The number of hydrogen-bond acceptors (Lipinski definition) is 3. The molecule has 2 aromatic rings. The van der Waals surface area contributed by atoms with E-state index in [-0.39, 0.29) is 29.5 Å². The zero-order valence-corrected chi connectivity index (χ0v) is 14.0. The first-order chi connectivity index (χ1) is 11.3. The van der Waals surface area contributed by atoms with Crippen molar-refractivity contribution < 1.29 is 19.8 Å². The van der Waals surface area contributed by atoms with Gasteiger partial charge in [0.1, 0.15) is 0 Å². The number of rotatable bonds is 6. The fraction of sp³-hybridized carbons (Fsp3) is 0.176. The van der Waals surface area contributed by atoms with Gasteiger partial charge in [-0.1, -0.05) is 35.3 Å². The molecule has 0 heterocycles. The van der Waals surface area contributed by atoms with Gasteiger partial charge >= 0.3 is 11.9 Å². The van der Waals surface area contributed by atoms with Gasteiger partial charge in [0.2, 0.25) is 0 Å². The predicted molar refractivity (Wildman–Crippen MR) is 92.9 cm³/mol. The summed E-state index contributed by atoms with van der Waals surface area (Å²) in [6.45, 7) is 0.180. The summed E-state index contributed by atoms with van der Waals surface area (Å²) in [6, 6.07) is 9.48. The molecule has 2 rings (SSSR count). The lowest BCUT2D eigenvalue weighted by molar-refractivity contribution is -0.137. The van der Waals surface area contributed by atoms with Crippen molar-refractivity contribution in [1.82, 2.24) is 0 Å². The van der Waals surface area contributed by atoms with E-state index in [1.54, 1.807) is 24.3 Å². The number of aliphatic carboxylic acids is 1. The van der Waals surface area contributed by atoms with Crippen LogP contribution >= 0.6 is 23.2 Å². The number of carboxylic acid groups (broad SMARTS) is 2. The number of halogens is 2. The van der Waals surface area contributed by atoms with Crippen molar-refractivity contribution in [2.24, 2.45) is 5.73 Å². The average Bonchev–Trinajstić information content (AvgIpc) is 2.53. The van der Waals surface area contributed by atoms with Crippen LogP contribution in [0.15, 0.2) is 36.4 Å². The van der Waals surface area contributed by atoms with Crippen LogP contribution in [-0.2, 0) is 4.79 Å². The zero-order valence-electron chi connectivity index (χ0n) is 12.5. The molecule has 0 aliphatic heterocycles. The first-order valence-electron chi connectivity index (χ1n) is 7.08. The molecule has 4 N–H and O–H groups in total. The Labute approximate surface area is 148 Å². The van der Waals surface area contributed by atoms with E-state index < -0.39 is 11.9 Å². The highest BCUT2D eigenvalue weighted by Crippen LogP contribution is 2.36. The molecule has 1 atom stereocenters. The summed E-state index contributed by atoms with van der Waals surface area (Å²) >= 11 is 12.4. The van der Waals surface area contributed by atoms with Crippen molar-refractivity contribution in [2.75, 3.05) is 6.54 Å². The maximum Gasteiger partial charge on any atom is 0.335 e. The maximum absolute atomic E-state index is 11.0.